The molecule has 0 saturated heterocycles. The van der Waals surface area contributed by atoms with Crippen molar-refractivity contribution >= 4 is 11.6 Å². The molecule has 0 atom stereocenters. The molecule has 0 unspecified atom stereocenters. The van der Waals surface area contributed by atoms with Gasteiger partial charge in [-0.2, -0.15) is 0 Å². The summed E-state index contributed by atoms with van der Waals surface area (Å²) in [5.41, 5.74) is 2.52. The van der Waals surface area contributed by atoms with Gasteiger partial charge in [0.1, 0.15) is 0 Å². The summed E-state index contributed by atoms with van der Waals surface area (Å²) in [4.78, 5) is 28.1. The second kappa shape index (κ2) is 5.18. The van der Waals surface area contributed by atoms with E-state index >= 15 is 0 Å². The predicted molar refractivity (Wildman–Crippen MR) is 72.4 cm³/mol. The Kier molecular flexibility index (Phi) is 3.60. The topological polar surface area (TPSA) is 52.0 Å². The third-order valence-corrected chi connectivity index (χ3v) is 3.09. The Morgan fingerprint density at radius 3 is 2.58 bits per heavy atom. The van der Waals surface area contributed by atoms with E-state index < -0.39 is 0 Å². The molecule has 98 valence electrons. The maximum absolute atomic E-state index is 12.2. The van der Waals surface area contributed by atoms with E-state index in [0.717, 1.165) is 11.1 Å². The maximum atomic E-state index is 12.2. The molecule has 0 radical (unpaired) electrons. The van der Waals surface area contributed by atoms with Crippen molar-refractivity contribution in [1.82, 2.24) is 9.55 Å². The molecular weight excluding hydrogens is 240 g/mol. The first-order valence-corrected chi connectivity index (χ1v) is 6.10. The molecule has 0 fully saturated rings. The van der Waals surface area contributed by atoms with Crippen LogP contribution in [0.4, 0.5) is 0 Å². The molecule has 2 rings (SSSR count). The van der Waals surface area contributed by atoms with E-state index in [1.54, 1.807) is 24.0 Å². The van der Waals surface area contributed by atoms with E-state index in [0.29, 0.717) is 11.4 Å². The third kappa shape index (κ3) is 2.78. The summed E-state index contributed by atoms with van der Waals surface area (Å²) >= 11 is 0. The molecular formula is C15H16N2O2. The molecule has 4 nitrogen and oxygen atoms in total. The van der Waals surface area contributed by atoms with Crippen molar-refractivity contribution < 1.29 is 9.59 Å². The van der Waals surface area contributed by atoms with Crippen molar-refractivity contribution in [1.29, 1.82) is 0 Å². The summed E-state index contributed by atoms with van der Waals surface area (Å²) in [7, 11) is 1.74. The quantitative estimate of drug-likeness (QED) is 0.624. The number of ketones is 2. The van der Waals surface area contributed by atoms with E-state index in [-0.39, 0.29) is 18.0 Å². The van der Waals surface area contributed by atoms with Gasteiger partial charge in [0, 0.05) is 25.0 Å². The molecule has 1 heterocycles. The molecule has 1 aromatic heterocycles. The number of hydrogen-bond donors (Lipinski definition) is 0. The monoisotopic (exact) mass is 256 g/mol. The van der Waals surface area contributed by atoms with Crippen LogP contribution in [0.2, 0.25) is 0 Å². The molecule has 1 aromatic carbocycles. The van der Waals surface area contributed by atoms with Crippen LogP contribution in [0.1, 0.15) is 38.5 Å². The average Bonchev–Trinajstić information content (AvgIpc) is 2.78. The minimum absolute atomic E-state index is 0.144. The van der Waals surface area contributed by atoms with Crippen LogP contribution < -0.4 is 0 Å². The molecule has 0 saturated carbocycles. The molecule has 0 aliphatic rings. The Morgan fingerprint density at radius 2 is 1.95 bits per heavy atom. The Bertz CT molecular complexity index is 641. The molecule has 0 spiro atoms. The van der Waals surface area contributed by atoms with Gasteiger partial charge in [0.05, 0.1) is 6.42 Å². The van der Waals surface area contributed by atoms with Crippen LogP contribution in [-0.2, 0) is 7.05 Å². The molecule has 0 aliphatic carbocycles. The van der Waals surface area contributed by atoms with Crippen LogP contribution >= 0.6 is 0 Å². The Labute approximate surface area is 112 Å². The summed E-state index contributed by atoms with van der Waals surface area (Å²) in [5, 5.41) is 0. The van der Waals surface area contributed by atoms with Gasteiger partial charge in [-0.05, 0) is 25.5 Å². The summed E-state index contributed by atoms with van der Waals surface area (Å²) < 4.78 is 1.62. The summed E-state index contributed by atoms with van der Waals surface area (Å²) in [6.45, 7) is 3.80. The van der Waals surface area contributed by atoms with Gasteiger partial charge in [0.2, 0.25) is 5.78 Å². The Balaban J connectivity index is 2.20. The normalized spacial score (nSPS) is 10.5. The SMILES string of the molecule is Cc1ccc(C)c(C(=O)CC(=O)c2nccn2C)c1. The van der Waals surface area contributed by atoms with Gasteiger partial charge in [0.15, 0.2) is 11.6 Å². The van der Waals surface area contributed by atoms with Gasteiger partial charge >= 0.3 is 0 Å². The van der Waals surface area contributed by atoms with E-state index in [9.17, 15) is 9.59 Å². The zero-order valence-electron chi connectivity index (χ0n) is 11.3. The van der Waals surface area contributed by atoms with Crippen molar-refractivity contribution in [2.24, 2.45) is 7.05 Å². The summed E-state index contributed by atoms with van der Waals surface area (Å²) in [6.07, 6.45) is 3.10. The Hall–Kier alpha value is -2.23. The number of Topliss-reactive ketones (excluding diaryl/α,β-unsaturated/α-hetero) is 2. The first-order valence-electron chi connectivity index (χ1n) is 6.10. The number of nitrogens with zero attached hydrogens (tertiary/aromatic N) is 2. The van der Waals surface area contributed by atoms with Gasteiger partial charge in [-0.25, -0.2) is 4.98 Å². The molecule has 2 aromatic rings. The van der Waals surface area contributed by atoms with Gasteiger partial charge in [0.25, 0.3) is 0 Å². The van der Waals surface area contributed by atoms with Crippen molar-refractivity contribution in [3.63, 3.8) is 0 Å². The first kappa shape index (κ1) is 13.2. The minimum Gasteiger partial charge on any atom is -0.332 e. The van der Waals surface area contributed by atoms with Crippen LogP contribution in [0.3, 0.4) is 0 Å². The zero-order valence-corrected chi connectivity index (χ0v) is 11.3. The van der Waals surface area contributed by atoms with Crippen molar-refractivity contribution in [3.8, 4) is 0 Å². The number of imidazole rings is 1. The van der Waals surface area contributed by atoms with Crippen molar-refractivity contribution in [2.75, 3.05) is 0 Å². The van der Waals surface area contributed by atoms with Crippen LogP contribution in [0, 0.1) is 13.8 Å². The first-order chi connectivity index (χ1) is 8.99. The maximum Gasteiger partial charge on any atom is 0.205 e. The van der Waals surface area contributed by atoms with Crippen LogP contribution in [0.25, 0.3) is 0 Å². The predicted octanol–water partition coefficient (Wildman–Crippen LogP) is 2.49. The number of hydrogen-bond acceptors (Lipinski definition) is 3. The number of rotatable bonds is 4. The molecule has 0 bridgehead atoms. The standard InChI is InChI=1S/C15H16N2O2/c1-10-4-5-11(2)12(8-10)13(18)9-14(19)15-16-6-7-17(15)3/h4-8H,9H2,1-3H3. The molecule has 0 amide bonds. The molecule has 4 heteroatoms. The molecule has 19 heavy (non-hydrogen) atoms. The highest BCUT2D eigenvalue weighted by Crippen LogP contribution is 2.14. The van der Waals surface area contributed by atoms with Crippen LogP contribution in [0.5, 0.6) is 0 Å². The fourth-order valence-electron chi connectivity index (χ4n) is 1.99. The molecule has 0 aliphatic heterocycles. The second-order valence-corrected chi connectivity index (χ2v) is 4.70. The van der Waals surface area contributed by atoms with E-state index in [4.69, 9.17) is 0 Å². The van der Waals surface area contributed by atoms with Crippen molar-refractivity contribution in [2.45, 2.75) is 20.3 Å². The summed E-state index contributed by atoms with van der Waals surface area (Å²) in [5.74, 6) is -0.0914. The third-order valence-electron chi connectivity index (χ3n) is 3.09. The zero-order chi connectivity index (χ0) is 14.0. The lowest BCUT2D eigenvalue weighted by Gasteiger charge is -2.06. The lowest BCUT2D eigenvalue weighted by molar-refractivity contribution is 0.0886. The minimum atomic E-state index is -0.251. The second-order valence-electron chi connectivity index (χ2n) is 4.70. The fourth-order valence-corrected chi connectivity index (χ4v) is 1.99. The number of carbonyl (C=O) groups is 2. The van der Waals surface area contributed by atoms with Gasteiger partial charge in [-0.1, -0.05) is 17.7 Å². The highest BCUT2D eigenvalue weighted by atomic mass is 16.1. The van der Waals surface area contributed by atoms with Gasteiger partial charge in [-0.3, -0.25) is 9.59 Å². The largest absolute Gasteiger partial charge is 0.332 e. The van der Waals surface area contributed by atoms with Gasteiger partial charge < -0.3 is 4.57 Å². The van der Waals surface area contributed by atoms with Crippen LogP contribution in [-0.4, -0.2) is 21.1 Å². The number of aromatic nitrogens is 2. The highest BCUT2D eigenvalue weighted by molar-refractivity contribution is 6.12. The smallest absolute Gasteiger partial charge is 0.205 e. The summed E-state index contributed by atoms with van der Waals surface area (Å²) in [6, 6.07) is 5.67. The van der Waals surface area contributed by atoms with E-state index in [1.807, 2.05) is 32.0 Å². The average molecular weight is 256 g/mol. The van der Waals surface area contributed by atoms with Gasteiger partial charge in [-0.15, -0.1) is 0 Å². The van der Waals surface area contributed by atoms with E-state index in [1.165, 1.54) is 0 Å². The number of benzene rings is 1. The Morgan fingerprint density at radius 1 is 1.21 bits per heavy atom. The van der Waals surface area contributed by atoms with E-state index in [2.05, 4.69) is 4.98 Å². The number of carbonyl (C=O) groups excluding carboxylic acids is 2. The fraction of sp³-hybridized carbons (Fsp3) is 0.267. The molecule has 0 N–H and O–H groups in total. The lowest BCUT2D eigenvalue weighted by Crippen LogP contribution is -2.13. The number of aryl methyl sites for hydroxylation is 3. The lowest BCUT2D eigenvalue weighted by atomic mass is 9.99. The van der Waals surface area contributed by atoms with Crippen molar-refractivity contribution in [3.05, 3.63) is 53.1 Å². The van der Waals surface area contributed by atoms with Crippen LogP contribution in [0.15, 0.2) is 30.6 Å². The highest BCUT2D eigenvalue weighted by Gasteiger charge is 2.18.